The van der Waals surface area contributed by atoms with E-state index in [0.29, 0.717) is 25.7 Å². The molecule has 0 aromatic carbocycles. The number of allylic oxidation sites excluding steroid dienone is 10. The highest BCUT2D eigenvalue weighted by Crippen LogP contribution is 2.45. The summed E-state index contributed by atoms with van der Waals surface area (Å²) in [7, 11) is -9.94. The number of aliphatic hydroxyl groups is 1. The van der Waals surface area contributed by atoms with E-state index in [2.05, 4.69) is 88.5 Å². The lowest BCUT2D eigenvalue weighted by Gasteiger charge is -2.21. The third-order valence-electron chi connectivity index (χ3n) is 17.0. The Morgan fingerprint density at radius 2 is 0.500 bits per heavy atom. The van der Waals surface area contributed by atoms with Gasteiger partial charge in [-0.3, -0.25) is 37.3 Å². The van der Waals surface area contributed by atoms with Gasteiger partial charge < -0.3 is 33.8 Å². The van der Waals surface area contributed by atoms with Crippen LogP contribution in [0.1, 0.15) is 362 Å². The maximum atomic E-state index is 13.1. The van der Waals surface area contributed by atoms with E-state index in [4.69, 9.17) is 37.0 Å². The van der Waals surface area contributed by atoms with Gasteiger partial charge in [0.15, 0.2) is 12.2 Å². The fourth-order valence-corrected chi connectivity index (χ4v) is 12.4. The SMILES string of the molecule is CCCCC/C=C\C/C=C\CCCCCCCC(=O)OC[C@H](COP(=O)(O)OC[C@@H](O)COP(=O)(O)OC[C@@H](COC(=O)CCCCCCC/C=C\C/C=C\CCCCC)OC(=O)CCCCCCCCCCCCCCCCC)OC(=O)CCCCCCC/C=C\CCCCCC. The van der Waals surface area contributed by atoms with Crippen molar-refractivity contribution in [3.63, 3.8) is 0 Å². The zero-order valence-corrected chi connectivity index (χ0v) is 64.3. The molecular formula is C79H144O17P2. The molecule has 0 rings (SSSR count). The van der Waals surface area contributed by atoms with E-state index in [9.17, 15) is 43.2 Å². The molecule has 0 aromatic rings. The van der Waals surface area contributed by atoms with Crippen molar-refractivity contribution in [3.05, 3.63) is 60.8 Å². The van der Waals surface area contributed by atoms with Gasteiger partial charge in [-0.15, -0.1) is 0 Å². The number of hydrogen-bond donors (Lipinski definition) is 3. The van der Waals surface area contributed by atoms with Crippen molar-refractivity contribution in [1.82, 2.24) is 0 Å². The van der Waals surface area contributed by atoms with Gasteiger partial charge in [0.25, 0.3) is 0 Å². The molecule has 0 fully saturated rings. The molecule has 2 unspecified atom stereocenters. The molecule has 5 atom stereocenters. The minimum atomic E-state index is -4.97. The molecule has 0 heterocycles. The molecule has 0 saturated heterocycles. The van der Waals surface area contributed by atoms with Crippen LogP contribution in [0.2, 0.25) is 0 Å². The van der Waals surface area contributed by atoms with Gasteiger partial charge in [-0.1, -0.05) is 281 Å². The summed E-state index contributed by atoms with van der Waals surface area (Å²) in [5, 5.41) is 10.6. The lowest BCUT2D eigenvalue weighted by molar-refractivity contribution is -0.161. The first-order valence-electron chi connectivity index (χ1n) is 39.5. The summed E-state index contributed by atoms with van der Waals surface area (Å²) in [6.07, 6.45) is 70.5. The van der Waals surface area contributed by atoms with Gasteiger partial charge in [0, 0.05) is 25.7 Å². The van der Waals surface area contributed by atoms with Crippen LogP contribution >= 0.6 is 15.6 Å². The highest BCUT2D eigenvalue weighted by atomic mass is 31.2. The van der Waals surface area contributed by atoms with Gasteiger partial charge in [-0.05, 0) is 116 Å². The summed E-state index contributed by atoms with van der Waals surface area (Å²) in [4.78, 5) is 72.9. The van der Waals surface area contributed by atoms with E-state index in [1.807, 2.05) is 0 Å². The second-order valence-electron chi connectivity index (χ2n) is 26.7. The Balaban J connectivity index is 5.34. The van der Waals surface area contributed by atoms with Crippen LogP contribution in [0.5, 0.6) is 0 Å². The zero-order valence-electron chi connectivity index (χ0n) is 62.5. The van der Waals surface area contributed by atoms with E-state index in [1.54, 1.807) is 0 Å². The number of aliphatic hydroxyl groups excluding tert-OH is 1. The summed E-state index contributed by atoms with van der Waals surface area (Å²) < 4.78 is 68.5. The normalized spacial score (nSPS) is 14.2. The predicted molar refractivity (Wildman–Crippen MR) is 400 cm³/mol. The molecule has 19 heteroatoms. The smallest absolute Gasteiger partial charge is 0.462 e. The molecule has 0 aliphatic carbocycles. The first kappa shape index (κ1) is 94.8. The van der Waals surface area contributed by atoms with Crippen LogP contribution in [-0.2, 0) is 65.4 Å². The quantitative estimate of drug-likeness (QED) is 0.0169. The molecule has 0 radical (unpaired) electrons. The Bertz CT molecular complexity index is 2100. The number of carbonyl (C=O) groups excluding carboxylic acids is 4. The largest absolute Gasteiger partial charge is 0.472 e. The Labute approximate surface area is 597 Å². The maximum Gasteiger partial charge on any atom is 0.472 e. The van der Waals surface area contributed by atoms with Crippen molar-refractivity contribution in [1.29, 1.82) is 0 Å². The lowest BCUT2D eigenvalue weighted by Crippen LogP contribution is -2.30. The molecule has 0 amide bonds. The average molecular weight is 1430 g/mol. The summed E-state index contributed by atoms with van der Waals surface area (Å²) in [6.45, 7) is 4.83. The number of phosphoric acid groups is 2. The highest BCUT2D eigenvalue weighted by molar-refractivity contribution is 7.47. The Morgan fingerprint density at radius 3 is 0.796 bits per heavy atom. The van der Waals surface area contributed by atoms with E-state index >= 15 is 0 Å². The van der Waals surface area contributed by atoms with E-state index in [-0.39, 0.29) is 25.7 Å². The minimum absolute atomic E-state index is 0.0853. The van der Waals surface area contributed by atoms with Crippen molar-refractivity contribution < 1.29 is 80.2 Å². The Kier molecular flexibility index (Phi) is 69.7. The van der Waals surface area contributed by atoms with Crippen LogP contribution in [0.25, 0.3) is 0 Å². The van der Waals surface area contributed by atoms with Crippen molar-refractivity contribution in [3.8, 4) is 0 Å². The topological polar surface area (TPSA) is 237 Å². The van der Waals surface area contributed by atoms with Gasteiger partial charge in [0.05, 0.1) is 26.4 Å². The minimum Gasteiger partial charge on any atom is -0.462 e. The number of ether oxygens (including phenoxy) is 4. The molecule has 0 spiro atoms. The average Bonchev–Trinajstić information content (AvgIpc) is 0.959. The predicted octanol–water partition coefficient (Wildman–Crippen LogP) is 22.7. The van der Waals surface area contributed by atoms with Crippen LogP contribution in [0.4, 0.5) is 0 Å². The fraction of sp³-hybridized carbons (Fsp3) is 0.823. The molecule has 3 N–H and O–H groups in total. The molecule has 0 aromatic heterocycles. The molecule has 572 valence electrons. The fourth-order valence-electron chi connectivity index (χ4n) is 10.9. The number of carbonyl (C=O) groups is 4. The first-order chi connectivity index (χ1) is 47.7. The van der Waals surface area contributed by atoms with Crippen LogP contribution in [0, 0.1) is 0 Å². The van der Waals surface area contributed by atoms with Crippen LogP contribution in [0.15, 0.2) is 60.8 Å². The van der Waals surface area contributed by atoms with Gasteiger partial charge in [0.1, 0.15) is 19.3 Å². The third kappa shape index (κ3) is 71.2. The second-order valence-corrected chi connectivity index (χ2v) is 29.6. The molecule has 0 aliphatic rings. The highest BCUT2D eigenvalue weighted by Gasteiger charge is 2.30. The number of hydrogen-bond acceptors (Lipinski definition) is 15. The first-order valence-corrected chi connectivity index (χ1v) is 42.5. The van der Waals surface area contributed by atoms with Gasteiger partial charge in [-0.2, -0.15) is 0 Å². The Hall–Kier alpha value is -3.24. The Morgan fingerprint density at radius 1 is 0.286 bits per heavy atom. The van der Waals surface area contributed by atoms with Gasteiger partial charge >= 0.3 is 39.5 Å². The molecule has 98 heavy (non-hydrogen) atoms. The lowest BCUT2D eigenvalue weighted by atomic mass is 10.0. The number of esters is 4. The van der Waals surface area contributed by atoms with Crippen molar-refractivity contribution in [2.75, 3.05) is 39.6 Å². The van der Waals surface area contributed by atoms with Crippen LogP contribution in [-0.4, -0.2) is 96.7 Å². The van der Waals surface area contributed by atoms with Crippen molar-refractivity contribution in [2.24, 2.45) is 0 Å². The summed E-state index contributed by atoms with van der Waals surface area (Å²) in [6, 6.07) is 0. The molecule has 0 saturated carbocycles. The third-order valence-corrected chi connectivity index (χ3v) is 18.9. The molecule has 0 aliphatic heterocycles. The van der Waals surface area contributed by atoms with Crippen molar-refractivity contribution in [2.45, 2.75) is 380 Å². The zero-order chi connectivity index (χ0) is 71.8. The summed E-state index contributed by atoms with van der Waals surface area (Å²) in [5.41, 5.74) is 0. The second kappa shape index (κ2) is 72.1. The monoisotopic (exact) mass is 1430 g/mol. The molecule has 17 nitrogen and oxygen atoms in total. The van der Waals surface area contributed by atoms with E-state index in [1.165, 1.54) is 128 Å². The summed E-state index contributed by atoms with van der Waals surface area (Å²) in [5.74, 6) is -2.18. The molecule has 0 bridgehead atoms. The number of rotatable bonds is 75. The van der Waals surface area contributed by atoms with E-state index in [0.717, 1.165) is 154 Å². The van der Waals surface area contributed by atoms with Gasteiger partial charge in [-0.25, -0.2) is 9.13 Å². The van der Waals surface area contributed by atoms with Gasteiger partial charge in [0.2, 0.25) is 0 Å². The molecular weight excluding hydrogens is 1280 g/mol. The number of unbranched alkanes of at least 4 members (excludes halogenated alkanes) is 39. The summed E-state index contributed by atoms with van der Waals surface area (Å²) >= 11 is 0. The van der Waals surface area contributed by atoms with E-state index < -0.39 is 97.5 Å². The van der Waals surface area contributed by atoms with Crippen LogP contribution in [0.3, 0.4) is 0 Å². The number of phosphoric ester groups is 2. The maximum absolute atomic E-state index is 13.1. The van der Waals surface area contributed by atoms with Crippen molar-refractivity contribution >= 4 is 39.5 Å². The standard InChI is InChI=1S/C79H144O17P2/c1-5-9-13-17-21-25-29-33-36-40-43-47-51-55-59-63-76(81)89-69-74(95-78(83)65-61-57-53-49-45-39-32-28-24-20-16-12-8-4)71-93-97(85,86)91-67-73(80)68-92-98(87,88)94-72-75(96-79(84)66-62-58-54-50-46-42-38-35-31-27-23-19-15-11-7-3)70-90-77(82)64-60-56-52-48-44-41-37-34-30-26-22-18-14-10-6-2/h21-22,25-26,28,32-34,36-37,73-75,80H,5-20,23-24,27,29-31,35,38-72H2,1-4H3,(H,85,86)(H,87,88)/b25-21-,26-22-,32-28-,36-33-,37-34-/t73-,74-,75-/m1/s1. The van der Waals surface area contributed by atoms with Crippen LogP contribution < -0.4 is 0 Å².